The van der Waals surface area contributed by atoms with E-state index < -0.39 is 0 Å². The number of ether oxygens (including phenoxy) is 1. The van der Waals surface area contributed by atoms with Crippen LogP contribution in [-0.2, 0) is 6.42 Å². The third-order valence-corrected chi connectivity index (χ3v) is 3.16. The van der Waals surface area contributed by atoms with E-state index in [0.717, 1.165) is 17.9 Å². The number of hydrogen-bond donors (Lipinski definition) is 1. The molecule has 0 spiro atoms. The lowest BCUT2D eigenvalue weighted by atomic mass is 9.97. The molecule has 0 aliphatic heterocycles. The third kappa shape index (κ3) is 3.66. The van der Waals surface area contributed by atoms with Gasteiger partial charge in [-0.1, -0.05) is 26.8 Å². The van der Waals surface area contributed by atoms with Crippen LogP contribution in [0.15, 0.2) is 18.2 Å². The number of benzene rings is 1. The van der Waals surface area contributed by atoms with Crippen molar-refractivity contribution in [1.29, 1.82) is 5.26 Å². The highest BCUT2D eigenvalue weighted by Gasteiger charge is 2.13. The van der Waals surface area contributed by atoms with Gasteiger partial charge in [0.1, 0.15) is 5.75 Å². The van der Waals surface area contributed by atoms with E-state index in [1.165, 1.54) is 5.56 Å². The second kappa shape index (κ2) is 6.90. The molecule has 3 nitrogen and oxygen atoms in total. The summed E-state index contributed by atoms with van der Waals surface area (Å²) in [6.45, 7) is 6.90. The molecule has 0 aliphatic carbocycles. The Kier molecular flexibility index (Phi) is 5.51. The molecule has 1 atom stereocenters. The first-order valence-electron chi connectivity index (χ1n) is 6.42. The maximum Gasteiger partial charge on any atom is 0.141 e. The first kappa shape index (κ1) is 14.4. The molecule has 0 saturated carbocycles. The minimum atomic E-state index is 0.0139. The average Bonchev–Trinajstić information content (AvgIpc) is 2.38. The molecule has 1 unspecified atom stereocenters. The molecule has 0 heterocycles. The molecule has 3 heteroatoms. The summed E-state index contributed by atoms with van der Waals surface area (Å²) in [5, 5.41) is 12.4. The van der Waals surface area contributed by atoms with E-state index in [2.05, 4.69) is 44.3 Å². The van der Waals surface area contributed by atoms with Gasteiger partial charge in [0.2, 0.25) is 0 Å². The van der Waals surface area contributed by atoms with Gasteiger partial charge >= 0.3 is 0 Å². The van der Waals surface area contributed by atoms with Gasteiger partial charge in [-0.15, -0.1) is 0 Å². The molecular weight excluding hydrogens is 224 g/mol. The van der Waals surface area contributed by atoms with E-state index in [-0.39, 0.29) is 5.92 Å². The molecule has 0 radical (unpaired) electrons. The second-order valence-electron chi connectivity index (χ2n) is 4.75. The molecule has 1 aromatic carbocycles. The molecular formula is C15H22N2O. The van der Waals surface area contributed by atoms with Crippen molar-refractivity contribution in [2.24, 2.45) is 11.8 Å². The lowest BCUT2D eigenvalue weighted by molar-refractivity contribution is 0.415. The Balaban J connectivity index is 2.79. The zero-order chi connectivity index (χ0) is 13.5. The molecule has 1 N–H and O–H groups in total. The van der Waals surface area contributed by atoms with E-state index in [1.807, 2.05) is 6.07 Å². The molecule has 1 rings (SSSR count). The predicted molar refractivity (Wildman–Crippen MR) is 74.8 cm³/mol. The van der Waals surface area contributed by atoms with Gasteiger partial charge in [-0.05, 0) is 30.0 Å². The number of hydrogen-bond acceptors (Lipinski definition) is 3. The summed E-state index contributed by atoms with van der Waals surface area (Å²) in [5.41, 5.74) is 2.23. The van der Waals surface area contributed by atoms with Gasteiger partial charge < -0.3 is 10.1 Å². The maximum absolute atomic E-state index is 9.08. The van der Waals surface area contributed by atoms with Crippen LogP contribution < -0.4 is 10.1 Å². The minimum absolute atomic E-state index is 0.0139. The Morgan fingerprint density at radius 1 is 1.39 bits per heavy atom. The number of nitrogens with one attached hydrogen (secondary N) is 1. The van der Waals surface area contributed by atoms with Crippen molar-refractivity contribution in [3.05, 3.63) is 23.8 Å². The van der Waals surface area contributed by atoms with Crippen LogP contribution in [0.5, 0.6) is 5.75 Å². The second-order valence-corrected chi connectivity index (χ2v) is 4.75. The van der Waals surface area contributed by atoms with Crippen LogP contribution in [0.2, 0.25) is 0 Å². The van der Waals surface area contributed by atoms with Crippen LogP contribution >= 0.6 is 0 Å². The highest BCUT2D eigenvalue weighted by molar-refractivity contribution is 5.58. The van der Waals surface area contributed by atoms with Gasteiger partial charge in [-0.2, -0.15) is 5.26 Å². The molecule has 0 aliphatic rings. The van der Waals surface area contributed by atoms with Crippen molar-refractivity contribution >= 4 is 5.69 Å². The third-order valence-electron chi connectivity index (χ3n) is 3.16. The summed E-state index contributed by atoms with van der Waals surface area (Å²) in [5.74, 6) is 1.19. The maximum atomic E-state index is 9.08. The lowest BCUT2D eigenvalue weighted by Gasteiger charge is -2.17. The largest absolute Gasteiger partial charge is 0.495 e. The summed E-state index contributed by atoms with van der Waals surface area (Å²) in [7, 11) is 1.66. The van der Waals surface area contributed by atoms with Crippen LogP contribution in [0.25, 0.3) is 0 Å². The summed E-state index contributed by atoms with van der Waals surface area (Å²) < 4.78 is 5.33. The Labute approximate surface area is 110 Å². The number of rotatable bonds is 6. The molecule has 1 aromatic rings. The van der Waals surface area contributed by atoms with Gasteiger partial charge in [0.15, 0.2) is 0 Å². The van der Waals surface area contributed by atoms with Crippen molar-refractivity contribution < 1.29 is 4.74 Å². The SMILES string of the molecule is CCc1ccc(OC)c(NCC(C#N)C(C)C)c1. The fourth-order valence-electron chi connectivity index (χ4n) is 1.76. The first-order valence-corrected chi connectivity index (χ1v) is 6.42. The molecule has 18 heavy (non-hydrogen) atoms. The summed E-state index contributed by atoms with van der Waals surface area (Å²) in [6.07, 6.45) is 0.991. The van der Waals surface area contributed by atoms with Crippen molar-refractivity contribution in [1.82, 2.24) is 0 Å². The van der Waals surface area contributed by atoms with E-state index in [0.29, 0.717) is 12.5 Å². The molecule has 0 fully saturated rings. The Morgan fingerprint density at radius 2 is 2.11 bits per heavy atom. The summed E-state index contributed by atoms with van der Waals surface area (Å²) in [6, 6.07) is 8.46. The van der Waals surface area contributed by atoms with Gasteiger partial charge in [0.05, 0.1) is 24.8 Å². The van der Waals surface area contributed by atoms with Gasteiger partial charge in [0, 0.05) is 6.54 Å². The number of nitriles is 1. The van der Waals surface area contributed by atoms with Crippen LogP contribution in [0.4, 0.5) is 5.69 Å². The molecule has 0 amide bonds. The number of methoxy groups -OCH3 is 1. The van der Waals surface area contributed by atoms with Crippen molar-refractivity contribution in [2.75, 3.05) is 19.0 Å². The lowest BCUT2D eigenvalue weighted by Crippen LogP contribution is -2.18. The van der Waals surface area contributed by atoms with Gasteiger partial charge in [0.25, 0.3) is 0 Å². The fourth-order valence-corrected chi connectivity index (χ4v) is 1.76. The molecule has 0 bridgehead atoms. The van der Waals surface area contributed by atoms with Crippen molar-refractivity contribution in [3.8, 4) is 11.8 Å². The highest BCUT2D eigenvalue weighted by atomic mass is 16.5. The Hall–Kier alpha value is -1.69. The Morgan fingerprint density at radius 3 is 2.61 bits per heavy atom. The minimum Gasteiger partial charge on any atom is -0.495 e. The monoisotopic (exact) mass is 246 g/mol. The van der Waals surface area contributed by atoms with E-state index in [4.69, 9.17) is 10.00 Å². The normalized spacial score (nSPS) is 12.0. The Bertz CT molecular complexity index is 421. The van der Waals surface area contributed by atoms with Crippen LogP contribution in [-0.4, -0.2) is 13.7 Å². The molecule has 0 saturated heterocycles. The smallest absolute Gasteiger partial charge is 0.141 e. The average molecular weight is 246 g/mol. The van der Waals surface area contributed by atoms with E-state index in [1.54, 1.807) is 7.11 Å². The van der Waals surface area contributed by atoms with Crippen LogP contribution in [0.1, 0.15) is 26.3 Å². The summed E-state index contributed by atoms with van der Waals surface area (Å²) in [4.78, 5) is 0. The topological polar surface area (TPSA) is 45.0 Å². The van der Waals surface area contributed by atoms with Crippen molar-refractivity contribution in [2.45, 2.75) is 27.2 Å². The zero-order valence-corrected chi connectivity index (χ0v) is 11.7. The zero-order valence-electron chi connectivity index (χ0n) is 11.7. The van der Waals surface area contributed by atoms with Crippen LogP contribution in [0, 0.1) is 23.2 Å². The van der Waals surface area contributed by atoms with Crippen LogP contribution in [0.3, 0.4) is 0 Å². The van der Waals surface area contributed by atoms with E-state index >= 15 is 0 Å². The number of nitrogens with zero attached hydrogens (tertiary/aromatic N) is 1. The fraction of sp³-hybridized carbons (Fsp3) is 0.533. The molecule has 0 aromatic heterocycles. The predicted octanol–water partition coefficient (Wildman–Crippen LogP) is 3.47. The quantitative estimate of drug-likeness (QED) is 0.836. The van der Waals surface area contributed by atoms with Gasteiger partial charge in [-0.25, -0.2) is 0 Å². The first-order chi connectivity index (χ1) is 8.62. The number of anilines is 1. The highest BCUT2D eigenvalue weighted by Crippen LogP contribution is 2.26. The summed E-state index contributed by atoms with van der Waals surface area (Å²) >= 11 is 0. The standard InChI is InChI=1S/C15H22N2O/c1-5-12-6-7-15(18-4)14(8-12)17-10-13(9-16)11(2)3/h6-8,11,13,17H,5,10H2,1-4H3. The van der Waals surface area contributed by atoms with E-state index in [9.17, 15) is 0 Å². The number of aryl methyl sites for hydroxylation is 1. The van der Waals surface area contributed by atoms with Gasteiger partial charge in [-0.3, -0.25) is 0 Å². The molecule has 98 valence electrons. The van der Waals surface area contributed by atoms with Crippen molar-refractivity contribution in [3.63, 3.8) is 0 Å².